The lowest BCUT2D eigenvalue weighted by atomic mass is 10.3. The highest BCUT2D eigenvalue weighted by Crippen LogP contribution is 1.80. The van der Waals surface area contributed by atoms with Crippen molar-refractivity contribution in [1.82, 2.24) is 9.55 Å². The summed E-state index contributed by atoms with van der Waals surface area (Å²) < 4.78 is 1.25. The van der Waals surface area contributed by atoms with Crippen molar-refractivity contribution in [3.63, 3.8) is 0 Å². The summed E-state index contributed by atoms with van der Waals surface area (Å²) in [4.78, 5) is 24.1. The third-order valence-electron chi connectivity index (χ3n) is 1.43. The molecule has 1 heterocycles. The first kappa shape index (κ1) is 13.2. The molecular weight excluding hydrogens is 194 g/mol. The molecule has 0 saturated carbocycles. The average Bonchev–Trinajstić information content (AvgIpc) is 2.24. The molecule has 0 aliphatic carbocycles. The van der Waals surface area contributed by atoms with E-state index in [0.717, 1.165) is 0 Å². The number of aromatic amines is 1. The summed E-state index contributed by atoms with van der Waals surface area (Å²) in [6.07, 6.45) is 1.38. The van der Waals surface area contributed by atoms with Crippen molar-refractivity contribution in [2.75, 3.05) is 6.54 Å². The Balaban J connectivity index is 0.000000921. The molecule has 0 fully saturated rings. The first-order chi connectivity index (χ1) is 7.15. The van der Waals surface area contributed by atoms with Gasteiger partial charge in [-0.15, -0.1) is 0 Å². The molecular formula is C10H15N3O2. The molecule has 0 aliphatic heterocycles. The van der Waals surface area contributed by atoms with E-state index in [0.29, 0.717) is 0 Å². The van der Waals surface area contributed by atoms with Crippen LogP contribution in [0.2, 0.25) is 0 Å². The third kappa shape index (κ3) is 3.83. The number of aryl methyl sites for hydroxylation is 1. The summed E-state index contributed by atoms with van der Waals surface area (Å²) in [5, 5.41) is 0. The van der Waals surface area contributed by atoms with E-state index in [9.17, 15) is 9.59 Å². The van der Waals surface area contributed by atoms with Crippen LogP contribution in [0.3, 0.4) is 0 Å². The van der Waals surface area contributed by atoms with Gasteiger partial charge in [-0.3, -0.25) is 9.78 Å². The largest absolute Gasteiger partial charge is 0.328 e. The minimum absolute atomic E-state index is 0.183. The topological polar surface area (TPSA) is 80.9 Å². The second-order valence-electron chi connectivity index (χ2n) is 2.42. The van der Waals surface area contributed by atoms with Gasteiger partial charge < -0.3 is 10.3 Å². The number of hydrogen-bond donors (Lipinski definition) is 2. The van der Waals surface area contributed by atoms with Crippen molar-refractivity contribution >= 4 is 0 Å². The number of H-pyrrole nitrogens is 1. The molecule has 0 unspecified atom stereocenters. The fourth-order valence-corrected chi connectivity index (χ4v) is 0.799. The summed E-state index contributed by atoms with van der Waals surface area (Å²) in [6, 6.07) is 0. The second-order valence-corrected chi connectivity index (χ2v) is 2.42. The molecule has 0 aromatic carbocycles. The van der Waals surface area contributed by atoms with Gasteiger partial charge in [0.1, 0.15) is 5.56 Å². The quantitative estimate of drug-likeness (QED) is 0.560. The lowest BCUT2D eigenvalue weighted by Crippen LogP contribution is -2.29. The summed E-state index contributed by atoms with van der Waals surface area (Å²) in [5.74, 6) is 5.10. The van der Waals surface area contributed by atoms with Crippen LogP contribution >= 0.6 is 0 Å². The van der Waals surface area contributed by atoms with E-state index in [-0.39, 0.29) is 12.1 Å². The Labute approximate surface area is 87.9 Å². The van der Waals surface area contributed by atoms with E-state index in [2.05, 4.69) is 16.8 Å². The molecule has 0 atom stereocenters. The zero-order valence-corrected chi connectivity index (χ0v) is 9.13. The van der Waals surface area contributed by atoms with Crippen molar-refractivity contribution in [3.8, 4) is 11.8 Å². The van der Waals surface area contributed by atoms with Crippen LogP contribution in [0.4, 0.5) is 0 Å². The molecule has 3 N–H and O–H groups in total. The molecule has 1 aromatic heterocycles. The number of aromatic nitrogens is 2. The molecule has 5 heteroatoms. The number of rotatable bonds is 0. The Morgan fingerprint density at radius 1 is 1.47 bits per heavy atom. The Morgan fingerprint density at radius 2 is 2.07 bits per heavy atom. The van der Waals surface area contributed by atoms with Crippen LogP contribution in [0.25, 0.3) is 0 Å². The molecule has 1 aromatic rings. The van der Waals surface area contributed by atoms with E-state index in [4.69, 9.17) is 5.73 Å². The first-order valence-corrected chi connectivity index (χ1v) is 4.64. The highest BCUT2D eigenvalue weighted by Gasteiger charge is 1.97. The predicted octanol–water partition coefficient (Wildman–Crippen LogP) is -0.590. The fourth-order valence-electron chi connectivity index (χ4n) is 0.799. The minimum Gasteiger partial charge on any atom is -0.320 e. The summed E-state index contributed by atoms with van der Waals surface area (Å²) >= 11 is 0. The molecule has 0 amide bonds. The van der Waals surface area contributed by atoms with E-state index in [1.165, 1.54) is 17.8 Å². The van der Waals surface area contributed by atoms with Gasteiger partial charge in [0.05, 0.1) is 6.54 Å². The first-order valence-electron chi connectivity index (χ1n) is 4.64. The maximum atomic E-state index is 11.1. The number of nitrogens with zero attached hydrogens (tertiary/aromatic N) is 1. The van der Waals surface area contributed by atoms with Crippen LogP contribution in [0, 0.1) is 11.8 Å². The van der Waals surface area contributed by atoms with Crippen LogP contribution in [0.1, 0.15) is 19.4 Å². The van der Waals surface area contributed by atoms with Gasteiger partial charge in [0.25, 0.3) is 5.56 Å². The average molecular weight is 209 g/mol. The molecule has 0 spiro atoms. The third-order valence-corrected chi connectivity index (χ3v) is 1.43. The molecule has 0 aliphatic rings. The molecule has 0 bridgehead atoms. The molecule has 1 rings (SSSR count). The van der Waals surface area contributed by atoms with Crippen molar-refractivity contribution in [1.29, 1.82) is 0 Å². The normalized spacial score (nSPS) is 8.27. The fraction of sp³-hybridized carbons (Fsp3) is 0.400. The number of nitrogens with one attached hydrogen (secondary N) is 1. The Morgan fingerprint density at radius 3 is 2.60 bits per heavy atom. The van der Waals surface area contributed by atoms with Crippen LogP contribution in [0.15, 0.2) is 15.8 Å². The van der Waals surface area contributed by atoms with Crippen LogP contribution in [0.5, 0.6) is 0 Å². The van der Waals surface area contributed by atoms with E-state index < -0.39 is 11.2 Å². The van der Waals surface area contributed by atoms with Gasteiger partial charge in [0.2, 0.25) is 0 Å². The van der Waals surface area contributed by atoms with Gasteiger partial charge >= 0.3 is 5.69 Å². The van der Waals surface area contributed by atoms with Crippen molar-refractivity contribution < 1.29 is 0 Å². The number of nitrogens with two attached hydrogens (primary N) is 1. The standard InChI is InChI=1S/C8H9N3O2.C2H6/c1-11-5-6(3-2-4-9)7(12)10-8(11)13;1-2/h5H,4,9H2,1H3,(H,10,12,13);1-2H3. The van der Waals surface area contributed by atoms with E-state index in [1.54, 1.807) is 0 Å². The Bertz CT molecular complexity index is 474. The highest BCUT2D eigenvalue weighted by molar-refractivity contribution is 5.29. The van der Waals surface area contributed by atoms with Crippen molar-refractivity contribution in [2.45, 2.75) is 13.8 Å². The highest BCUT2D eigenvalue weighted by atomic mass is 16.2. The predicted molar refractivity (Wildman–Crippen MR) is 59.6 cm³/mol. The van der Waals surface area contributed by atoms with Gasteiger partial charge in [-0.05, 0) is 0 Å². The monoisotopic (exact) mass is 209 g/mol. The minimum atomic E-state index is -0.482. The Kier molecular flexibility index (Phi) is 5.83. The van der Waals surface area contributed by atoms with Crippen LogP contribution < -0.4 is 17.0 Å². The van der Waals surface area contributed by atoms with Gasteiger partial charge in [-0.2, -0.15) is 0 Å². The second kappa shape index (κ2) is 6.62. The summed E-state index contributed by atoms with van der Waals surface area (Å²) in [7, 11) is 1.53. The van der Waals surface area contributed by atoms with E-state index in [1.807, 2.05) is 13.8 Å². The zero-order chi connectivity index (χ0) is 11.8. The van der Waals surface area contributed by atoms with Gasteiger partial charge in [-0.1, -0.05) is 25.7 Å². The lowest BCUT2D eigenvalue weighted by molar-refractivity contribution is 0.795. The molecule has 5 nitrogen and oxygen atoms in total. The van der Waals surface area contributed by atoms with E-state index >= 15 is 0 Å². The van der Waals surface area contributed by atoms with Crippen LogP contribution in [-0.4, -0.2) is 16.1 Å². The summed E-state index contributed by atoms with van der Waals surface area (Å²) in [6.45, 7) is 4.18. The van der Waals surface area contributed by atoms with Crippen molar-refractivity contribution in [2.24, 2.45) is 12.8 Å². The number of hydrogen-bond acceptors (Lipinski definition) is 3. The SMILES string of the molecule is CC.Cn1cc(C#CCN)c(=O)[nH]c1=O. The van der Waals surface area contributed by atoms with Crippen LogP contribution in [-0.2, 0) is 7.05 Å². The Hall–Kier alpha value is -1.80. The molecule has 15 heavy (non-hydrogen) atoms. The lowest BCUT2D eigenvalue weighted by Gasteiger charge is -1.94. The summed E-state index contributed by atoms with van der Waals surface area (Å²) in [5.41, 5.74) is 4.45. The van der Waals surface area contributed by atoms with Gasteiger partial charge in [0.15, 0.2) is 0 Å². The van der Waals surface area contributed by atoms with Gasteiger partial charge in [-0.25, -0.2) is 4.79 Å². The molecule has 0 saturated heterocycles. The maximum Gasteiger partial charge on any atom is 0.328 e. The van der Waals surface area contributed by atoms with Crippen molar-refractivity contribution in [3.05, 3.63) is 32.6 Å². The van der Waals surface area contributed by atoms with Gasteiger partial charge in [0, 0.05) is 13.2 Å². The molecule has 0 radical (unpaired) electrons. The smallest absolute Gasteiger partial charge is 0.320 e. The molecule has 82 valence electrons. The zero-order valence-electron chi connectivity index (χ0n) is 9.13. The maximum absolute atomic E-state index is 11.1.